The second-order valence-electron chi connectivity index (χ2n) is 7.01. The molecule has 2 N–H and O–H groups in total. The van der Waals surface area contributed by atoms with E-state index in [1.54, 1.807) is 0 Å². The van der Waals surface area contributed by atoms with Crippen molar-refractivity contribution in [3.05, 3.63) is 59.8 Å². The van der Waals surface area contributed by atoms with Crippen LogP contribution in [0.1, 0.15) is 32.0 Å². The van der Waals surface area contributed by atoms with E-state index >= 15 is 0 Å². The number of ether oxygens (including phenoxy) is 1. The predicted molar refractivity (Wildman–Crippen MR) is 106 cm³/mol. The lowest BCUT2D eigenvalue weighted by Crippen LogP contribution is -2.31. The standard InChI is InChI=1S/C22H24N2O3/c1-5-26-21(25)22(3,4)18-12-10-16(11-13-18)15-6-8-17(9-7-15)20-19(23)14(2)24-27-20/h6-13H,5,23H2,1-4H3. The summed E-state index contributed by atoms with van der Waals surface area (Å²) in [5.41, 5.74) is 10.5. The molecule has 3 aromatic rings. The van der Waals surface area contributed by atoms with Gasteiger partial charge in [-0.15, -0.1) is 0 Å². The smallest absolute Gasteiger partial charge is 0.315 e. The van der Waals surface area contributed by atoms with E-state index in [1.807, 2.05) is 76.2 Å². The Bertz CT molecular complexity index is 939. The fraction of sp³-hybridized carbons (Fsp3) is 0.273. The average molecular weight is 364 g/mol. The largest absolute Gasteiger partial charge is 0.465 e. The summed E-state index contributed by atoms with van der Waals surface area (Å²) in [7, 11) is 0. The first-order valence-electron chi connectivity index (χ1n) is 8.95. The second kappa shape index (κ2) is 7.27. The number of nitrogen functional groups attached to an aromatic ring is 1. The molecule has 3 rings (SSSR count). The number of aryl methyl sites for hydroxylation is 1. The summed E-state index contributed by atoms with van der Waals surface area (Å²) in [4.78, 5) is 12.2. The van der Waals surface area contributed by atoms with Crippen LogP contribution in [0.5, 0.6) is 0 Å². The fourth-order valence-electron chi connectivity index (χ4n) is 2.91. The molecule has 5 nitrogen and oxygen atoms in total. The second-order valence-corrected chi connectivity index (χ2v) is 7.01. The minimum Gasteiger partial charge on any atom is -0.465 e. The minimum atomic E-state index is -0.680. The van der Waals surface area contributed by atoms with Gasteiger partial charge in [0.2, 0.25) is 0 Å². The molecule has 0 saturated carbocycles. The lowest BCUT2D eigenvalue weighted by atomic mass is 9.84. The summed E-state index contributed by atoms with van der Waals surface area (Å²) in [6, 6.07) is 15.9. The van der Waals surface area contributed by atoms with Crippen molar-refractivity contribution in [2.24, 2.45) is 0 Å². The Hall–Kier alpha value is -3.08. The van der Waals surface area contributed by atoms with Crippen molar-refractivity contribution in [2.75, 3.05) is 12.3 Å². The summed E-state index contributed by atoms with van der Waals surface area (Å²) in [6.07, 6.45) is 0. The van der Waals surface area contributed by atoms with Crippen LogP contribution in [0.2, 0.25) is 0 Å². The van der Waals surface area contributed by atoms with E-state index in [1.165, 1.54) is 0 Å². The van der Waals surface area contributed by atoms with Gasteiger partial charge in [-0.1, -0.05) is 53.7 Å². The van der Waals surface area contributed by atoms with E-state index in [0.717, 1.165) is 22.3 Å². The normalized spacial score (nSPS) is 11.4. The van der Waals surface area contributed by atoms with Crippen molar-refractivity contribution < 1.29 is 14.1 Å². The Morgan fingerprint density at radius 3 is 2.04 bits per heavy atom. The van der Waals surface area contributed by atoms with Crippen LogP contribution in [0.4, 0.5) is 5.69 Å². The van der Waals surface area contributed by atoms with Crippen LogP contribution in [0.3, 0.4) is 0 Å². The maximum atomic E-state index is 12.2. The maximum absolute atomic E-state index is 12.2. The quantitative estimate of drug-likeness (QED) is 0.662. The third-order valence-electron chi connectivity index (χ3n) is 4.78. The molecule has 2 aromatic carbocycles. The van der Waals surface area contributed by atoms with Crippen LogP contribution in [0, 0.1) is 6.92 Å². The molecule has 1 aromatic heterocycles. The topological polar surface area (TPSA) is 78.3 Å². The number of carbonyl (C=O) groups is 1. The maximum Gasteiger partial charge on any atom is 0.315 e. The number of hydrogen-bond donors (Lipinski definition) is 1. The molecule has 0 aliphatic heterocycles. The average Bonchev–Trinajstić information content (AvgIpc) is 3.01. The molecule has 27 heavy (non-hydrogen) atoms. The van der Waals surface area contributed by atoms with Gasteiger partial charge in [-0.3, -0.25) is 4.79 Å². The van der Waals surface area contributed by atoms with Crippen molar-refractivity contribution >= 4 is 11.7 Å². The lowest BCUT2D eigenvalue weighted by Gasteiger charge is -2.23. The number of benzene rings is 2. The van der Waals surface area contributed by atoms with Gasteiger partial charge < -0.3 is 15.0 Å². The van der Waals surface area contributed by atoms with Crippen LogP contribution in [0.15, 0.2) is 53.1 Å². The highest BCUT2D eigenvalue weighted by Gasteiger charge is 2.31. The van der Waals surface area contributed by atoms with Crippen LogP contribution >= 0.6 is 0 Å². The van der Waals surface area contributed by atoms with E-state index in [0.29, 0.717) is 23.7 Å². The van der Waals surface area contributed by atoms with Crippen LogP contribution in [0.25, 0.3) is 22.5 Å². The van der Waals surface area contributed by atoms with Gasteiger partial charge in [-0.25, -0.2) is 0 Å². The molecule has 140 valence electrons. The summed E-state index contributed by atoms with van der Waals surface area (Å²) in [5, 5.41) is 3.90. The lowest BCUT2D eigenvalue weighted by molar-refractivity contribution is -0.148. The highest BCUT2D eigenvalue weighted by Crippen LogP contribution is 2.31. The zero-order valence-electron chi connectivity index (χ0n) is 16.1. The number of hydrogen-bond acceptors (Lipinski definition) is 5. The molecule has 0 fully saturated rings. The molecule has 0 spiro atoms. The molecule has 0 amide bonds. The van der Waals surface area contributed by atoms with Crippen molar-refractivity contribution in [3.63, 3.8) is 0 Å². The number of esters is 1. The molecule has 0 aliphatic rings. The Morgan fingerprint density at radius 1 is 1.04 bits per heavy atom. The summed E-state index contributed by atoms with van der Waals surface area (Å²) in [6.45, 7) is 7.75. The third-order valence-corrected chi connectivity index (χ3v) is 4.78. The molecule has 0 unspecified atom stereocenters. The highest BCUT2D eigenvalue weighted by atomic mass is 16.5. The zero-order valence-corrected chi connectivity index (χ0v) is 16.1. The highest BCUT2D eigenvalue weighted by molar-refractivity contribution is 5.82. The molecular weight excluding hydrogens is 340 g/mol. The Kier molecular flexibility index (Phi) is 5.04. The Morgan fingerprint density at radius 2 is 1.56 bits per heavy atom. The molecule has 0 aliphatic carbocycles. The van der Waals surface area contributed by atoms with Crippen LogP contribution in [-0.4, -0.2) is 17.7 Å². The Balaban J connectivity index is 1.83. The molecule has 0 bridgehead atoms. The van der Waals surface area contributed by atoms with Gasteiger partial charge >= 0.3 is 5.97 Å². The minimum absolute atomic E-state index is 0.220. The zero-order chi connectivity index (χ0) is 19.6. The van der Waals surface area contributed by atoms with Gasteiger partial charge in [-0.2, -0.15) is 0 Å². The fourth-order valence-corrected chi connectivity index (χ4v) is 2.91. The van der Waals surface area contributed by atoms with E-state index in [-0.39, 0.29) is 5.97 Å². The summed E-state index contributed by atoms with van der Waals surface area (Å²) >= 11 is 0. The predicted octanol–water partition coefficient (Wildman–Crippen LogP) is 4.74. The molecule has 0 atom stereocenters. The van der Waals surface area contributed by atoms with Gasteiger partial charge in [0.15, 0.2) is 5.76 Å². The molecule has 0 radical (unpaired) electrons. The van der Waals surface area contributed by atoms with Gasteiger partial charge in [0.1, 0.15) is 11.4 Å². The van der Waals surface area contributed by atoms with Crippen molar-refractivity contribution in [1.29, 1.82) is 0 Å². The number of nitrogens with zero attached hydrogens (tertiary/aromatic N) is 1. The van der Waals surface area contributed by atoms with Crippen molar-refractivity contribution in [1.82, 2.24) is 5.16 Å². The van der Waals surface area contributed by atoms with Crippen molar-refractivity contribution in [3.8, 4) is 22.5 Å². The number of nitrogens with two attached hydrogens (primary N) is 1. The summed E-state index contributed by atoms with van der Waals surface area (Å²) in [5.74, 6) is 0.368. The third kappa shape index (κ3) is 3.58. The van der Waals surface area contributed by atoms with Gasteiger partial charge in [0.25, 0.3) is 0 Å². The SMILES string of the molecule is CCOC(=O)C(C)(C)c1ccc(-c2ccc(-c3onc(C)c3N)cc2)cc1. The van der Waals surface area contributed by atoms with Crippen molar-refractivity contribution in [2.45, 2.75) is 33.1 Å². The van der Waals surface area contributed by atoms with Gasteiger partial charge in [-0.05, 0) is 44.4 Å². The van der Waals surface area contributed by atoms with E-state index < -0.39 is 5.41 Å². The number of anilines is 1. The summed E-state index contributed by atoms with van der Waals surface area (Å²) < 4.78 is 10.5. The Labute approximate surface area is 159 Å². The van der Waals surface area contributed by atoms with Crippen LogP contribution in [-0.2, 0) is 14.9 Å². The number of aromatic nitrogens is 1. The van der Waals surface area contributed by atoms with Gasteiger partial charge in [0, 0.05) is 5.56 Å². The van der Waals surface area contributed by atoms with E-state index in [9.17, 15) is 4.79 Å². The molecule has 5 heteroatoms. The monoisotopic (exact) mass is 364 g/mol. The van der Waals surface area contributed by atoms with Crippen LogP contribution < -0.4 is 5.73 Å². The molecule has 0 saturated heterocycles. The first-order chi connectivity index (χ1) is 12.8. The number of rotatable bonds is 5. The molecular formula is C22H24N2O3. The first-order valence-corrected chi connectivity index (χ1v) is 8.95. The van der Waals surface area contributed by atoms with Gasteiger partial charge in [0.05, 0.1) is 12.0 Å². The molecule has 1 heterocycles. The first kappa shape index (κ1) is 18.7. The van der Waals surface area contributed by atoms with E-state index in [2.05, 4.69) is 5.16 Å². The van der Waals surface area contributed by atoms with E-state index in [4.69, 9.17) is 15.0 Å². The number of carbonyl (C=O) groups excluding carboxylic acids is 1.